The molecule has 0 unspecified atom stereocenters. The monoisotopic (exact) mass is 261 g/mol. The minimum Gasteiger partial charge on any atom is -0.341 e. The van der Waals surface area contributed by atoms with Crippen molar-refractivity contribution in [1.29, 1.82) is 0 Å². The molecule has 0 aromatic heterocycles. The Balaban J connectivity index is 2.50. The maximum atomic E-state index is 3.91. The molecule has 1 aromatic carbocycles. The Morgan fingerprint density at radius 3 is 2.72 bits per heavy atom. The van der Waals surface area contributed by atoms with E-state index in [-0.39, 0.29) is 0 Å². The van der Waals surface area contributed by atoms with Gasteiger partial charge in [0.2, 0.25) is 0 Å². The number of hydrogen-bond acceptors (Lipinski definition) is 0. The van der Waals surface area contributed by atoms with Crippen LogP contribution >= 0.6 is 8.86 Å². The van der Waals surface area contributed by atoms with Gasteiger partial charge in [0, 0.05) is 23.6 Å². The van der Waals surface area contributed by atoms with Crippen LogP contribution in [0.3, 0.4) is 0 Å². The van der Waals surface area contributed by atoms with Crippen LogP contribution in [0.15, 0.2) is 18.2 Å². The Bertz CT molecular complexity index is 452. The highest BCUT2D eigenvalue weighted by molar-refractivity contribution is 7.21. The number of rotatable bonds is 2. The summed E-state index contributed by atoms with van der Waals surface area (Å²) in [6.45, 7) is 10.2. The van der Waals surface area contributed by atoms with Gasteiger partial charge in [-0.15, -0.1) is 0 Å². The summed E-state index contributed by atoms with van der Waals surface area (Å²) < 4.78 is 0. The lowest BCUT2D eigenvalue weighted by Crippen LogP contribution is -2.34. The van der Waals surface area contributed by atoms with Gasteiger partial charge < -0.3 is 4.90 Å². The van der Waals surface area contributed by atoms with E-state index >= 15 is 0 Å². The van der Waals surface area contributed by atoms with Crippen molar-refractivity contribution in [1.82, 2.24) is 0 Å². The lowest BCUT2D eigenvalue weighted by molar-refractivity contribution is 0.488. The third kappa shape index (κ3) is 2.47. The summed E-state index contributed by atoms with van der Waals surface area (Å²) in [6, 6.07) is 6.87. The average Bonchev–Trinajstić information content (AvgIpc) is 2.43. The Morgan fingerprint density at radius 2 is 2.06 bits per heavy atom. The van der Waals surface area contributed by atoms with Gasteiger partial charge in [-0.25, -0.2) is 0 Å². The summed E-state index contributed by atoms with van der Waals surface area (Å²) in [5, 5.41) is 0. The van der Waals surface area contributed by atoms with Crippen LogP contribution in [0.25, 0.3) is 0 Å². The molecule has 0 saturated heterocycles. The van der Waals surface area contributed by atoms with E-state index < -0.39 is 0 Å². The maximum absolute atomic E-state index is 3.91. The van der Waals surface area contributed by atoms with Crippen LogP contribution in [0.4, 0.5) is 5.69 Å². The van der Waals surface area contributed by atoms with Gasteiger partial charge in [0.15, 0.2) is 0 Å². The number of fused-ring (bicyclic) bond motifs is 1. The molecule has 0 saturated carbocycles. The third-order valence-electron chi connectivity index (χ3n) is 4.10. The van der Waals surface area contributed by atoms with Gasteiger partial charge in [-0.2, -0.15) is 0 Å². The Kier molecular flexibility index (Phi) is 4.12. The van der Waals surface area contributed by atoms with Crippen molar-refractivity contribution in [3.8, 4) is 0 Å². The van der Waals surface area contributed by atoms with Crippen molar-refractivity contribution >= 4 is 20.0 Å². The molecule has 1 aliphatic heterocycles. The summed E-state index contributed by atoms with van der Waals surface area (Å²) in [7, 11) is 3.91. The molecule has 0 amide bonds. The maximum Gasteiger partial charge on any atom is 0.0446 e. The molecule has 0 radical (unpaired) electrons. The van der Waals surface area contributed by atoms with Crippen LogP contribution in [-0.4, -0.2) is 12.0 Å². The summed E-state index contributed by atoms with van der Waals surface area (Å²) in [5.41, 5.74) is 5.57. The standard InChI is InChI=1S/C16H24NP/c1-5-8-17-15-9-11(2)6-7-14(15)10-12(3)13(4)16(17)18/h6-7,9,12-13,18H,5,8,10H2,1-4H3/t12-,13-/m0/s1. The molecule has 0 spiro atoms. The zero-order valence-corrected chi connectivity index (χ0v) is 13.0. The third-order valence-corrected chi connectivity index (χ3v) is 4.82. The molecule has 1 nitrogen and oxygen atoms in total. The molecule has 1 aliphatic rings. The predicted octanol–water partition coefficient (Wildman–Crippen LogP) is 4.31. The second kappa shape index (κ2) is 5.45. The Morgan fingerprint density at radius 1 is 1.33 bits per heavy atom. The van der Waals surface area contributed by atoms with Gasteiger partial charge >= 0.3 is 0 Å². The SMILES string of the molecule is CCCN1C(=P)[C@@H](C)[C@@H](C)Cc2ccc(C)cc21. The first-order valence-corrected chi connectivity index (χ1v) is 7.50. The van der Waals surface area contributed by atoms with Gasteiger partial charge in [-0.05, 0) is 42.9 Å². The molecule has 2 heteroatoms. The summed E-state index contributed by atoms with van der Waals surface area (Å²) in [6.07, 6.45) is 2.34. The fourth-order valence-corrected chi connectivity index (χ4v) is 3.25. The van der Waals surface area contributed by atoms with Crippen LogP contribution in [0.5, 0.6) is 0 Å². The molecule has 0 aliphatic carbocycles. The normalized spacial score (nSPS) is 23.8. The van der Waals surface area contributed by atoms with Crippen LogP contribution in [0.1, 0.15) is 38.3 Å². The van der Waals surface area contributed by atoms with E-state index in [1.807, 2.05) is 0 Å². The second-order valence-corrected chi connectivity index (χ2v) is 6.15. The molecule has 2 atom stereocenters. The van der Waals surface area contributed by atoms with Gasteiger partial charge in [0.1, 0.15) is 0 Å². The molecular weight excluding hydrogens is 237 g/mol. The molecule has 0 fully saturated rings. The van der Waals surface area contributed by atoms with Crippen molar-refractivity contribution in [2.24, 2.45) is 11.8 Å². The summed E-state index contributed by atoms with van der Waals surface area (Å²) in [4.78, 5) is 2.47. The number of benzene rings is 1. The van der Waals surface area contributed by atoms with E-state index in [1.165, 1.54) is 35.1 Å². The molecule has 18 heavy (non-hydrogen) atoms. The van der Waals surface area contributed by atoms with E-state index in [0.29, 0.717) is 11.8 Å². The lowest BCUT2D eigenvalue weighted by Gasteiger charge is -2.29. The number of anilines is 1. The van der Waals surface area contributed by atoms with E-state index in [9.17, 15) is 0 Å². The minimum atomic E-state index is 0.584. The smallest absolute Gasteiger partial charge is 0.0446 e. The predicted molar refractivity (Wildman–Crippen MR) is 84.2 cm³/mol. The first-order chi connectivity index (χ1) is 8.54. The van der Waals surface area contributed by atoms with E-state index in [1.54, 1.807) is 0 Å². The molecular formula is C16H24NP. The number of nitrogens with zero attached hydrogens (tertiary/aromatic N) is 1. The number of hydrogen-bond donors (Lipinski definition) is 0. The quantitative estimate of drug-likeness (QED) is 0.717. The molecule has 0 N–H and O–H groups in total. The topological polar surface area (TPSA) is 3.24 Å². The van der Waals surface area contributed by atoms with E-state index in [2.05, 4.69) is 59.7 Å². The highest BCUT2D eigenvalue weighted by atomic mass is 31.0. The van der Waals surface area contributed by atoms with E-state index in [0.717, 1.165) is 6.54 Å². The average molecular weight is 261 g/mol. The second-order valence-electron chi connectivity index (χ2n) is 5.64. The Labute approximate surface area is 113 Å². The molecule has 0 bridgehead atoms. The fourth-order valence-electron chi connectivity index (χ4n) is 2.73. The zero-order chi connectivity index (χ0) is 13.3. The van der Waals surface area contributed by atoms with Crippen LogP contribution < -0.4 is 4.90 Å². The largest absolute Gasteiger partial charge is 0.341 e. The Hall–Kier alpha value is -0.810. The molecule has 1 heterocycles. The van der Waals surface area contributed by atoms with Gasteiger partial charge in [0.25, 0.3) is 0 Å². The highest BCUT2D eigenvalue weighted by Crippen LogP contribution is 2.34. The molecule has 2 rings (SSSR count). The van der Waals surface area contributed by atoms with Crippen LogP contribution in [-0.2, 0) is 6.42 Å². The first kappa shape index (κ1) is 13.6. The molecule has 1 aromatic rings. The van der Waals surface area contributed by atoms with Crippen molar-refractivity contribution in [2.75, 3.05) is 11.4 Å². The first-order valence-electron chi connectivity index (χ1n) is 7.00. The van der Waals surface area contributed by atoms with Gasteiger partial charge in [-0.1, -0.05) is 41.8 Å². The highest BCUT2D eigenvalue weighted by Gasteiger charge is 2.27. The summed E-state index contributed by atoms with van der Waals surface area (Å²) in [5.74, 6) is 1.27. The minimum absolute atomic E-state index is 0.584. The lowest BCUT2D eigenvalue weighted by atomic mass is 9.91. The number of aryl methyl sites for hydroxylation is 1. The van der Waals surface area contributed by atoms with Crippen molar-refractivity contribution < 1.29 is 0 Å². The van der Waals surface area contributed by atoms with Crippen LogP contribution in [0, 0.1) is 18.8 Å². The zero-order valence-electron chi connectivity index (χ0n) is 12.0. The van der Waals surface area contributed by atoms with Crippen molar-refractivity contribution in [2.45, 2.75) is 40.5 Å². The summed E-state index contributed by atoms with van der Waals surface area (Å²) >= 11 is 0. The van der Waals surface area contributed by atoms with E-state index in [4.69, 9.17) is 0 Å². The van der Waals surface area contributed by atoms with Crippen molar-refractivity contribution in [3.05, 3.63) is 29.3 Å². The van der Waals surface area contributed by atoms with Gasteiger partial charge in [-0.3, -0.25) is 0 Å². The fraction of sp³-hybridized carbons (Fsp3) is 0.562. The van der Waals surface area contributed by atoms with Crippen molar-refractivity contribution in [3.63, 3.8) is 0 Å². The molecule has 98 valence electrons. The van der Waals surface area contributed by atoms with Gasteiger partial charge in [0.05, 0.1) is 0 Å². The van der Waals surface area contributed by atoms with Crippen LogP contribution in [0.2, 0.25) is 0 Å².